The summed E-state index contributed by atoms with van der Waals surface area (Å²) in [6, 6.07) is 0.981. The highest BCUT2D eigenvalue weighted by molar-refractivity contribution is 5.94. The molecule has 14 heteroatoms. The number of benzene rings is 1. The molecule has 14 nitrogen and oxygen atoms in total. The van der Waals surface area contributed by atoms with E-state index in [4.69, 9.17) is 16.6 Å². The summed E-state index contributed by atoms with van der Waals surface area (Å²) in [6.45, 7) is 0.179. The van der Waals surface area contributed by atoms with Gasteiger partial charge in [-0.1, -0.05) is 12.1 Å². The van der Waals surface area contributed by atoms with E-state index in [-0.39, 0.29) is 50.8 Å². The Morgan fingerprint density at radius 3 is 2.16 bits per heavy atom. The lowest BCUT2D eigenvalue weighted by Crippen LogP contribution is -2.57. The number of nitrogens with zero attached hydrogens (tertiary/aromatic N) is 1. The van der Waals surface area contributed by atoms with Crippen molar-refractivity contribution in [1.82, 2.24) is 15.5 Å². The van der Waals surface area contributed by atoms with Crippen molar-refractivity contribution in [3.05, 3.63) is 29.8 Å². The molecule has 1 aromatic carbocycles. The Hall–Kier alpha value is -4.20. The molecule has 208 valence electrons. The number of rotatable bonds is 14. The third-order valence-corrected chi connectivity index (χ3v) is 6.13. The molecule has 0 radical (unpaired) electrons. The molecular formula is C24H33N5O9. The molecule has 4 unspecified atom stereocenters. The highest BCUT2D eigenvalue weighted by Gasteiger charge is 2.38. The first kappa shape index (κ1) is 30.0. The van der Waals surface area contributed by atoms with Crippen LogP contribution in [-0.2, 0) is 35.2 Å². The van der Waals surface area contributed by atoms with Gasteiger partial charge in [0.1, 0.15) is 23.9 Å². The van der Waals surface area contributed by atoms with Gasteiger partial charge in [0.25, 0.3) is 0 Å². The number of carboxylic acids is 2. The summed E-state index contributed by atoms with van der Waals surface area (Å²) in [7, 11) is 0. The standard InChI is InChI=1S/C24H33N5O9/c25-15(7-10-20(32)33)21(34)27-16(8-9-19(26)31)22(35)28-17(12-13-3-5-14(30)6-4-13)23(36)29-11-1-2-18(29)24(37)38/h3-6,15-18,30H,1-2,7-12,25H2,(H2,26,31)(H,27,34)(H,28,35)(H,32,33)(H,37,38). The monoisotopic (exact) mass is 535 g/mol. The number of phenolic OH excluding ortho intramolecular Hbond substituents is 1. The molecule has 1 fully saturated rings. The van der Waals surface area contributed by atoms with E-state index in [0.717, 1.165) is 0 Å². The fourth-order valence-electron chi connectivity index (χ4n) is 4.07. The number of primary amides is 1. The van der Waals surface area contributed by atoms with E-state index in [9.17, 15) is 39.0 Å². The molecule has 1 aliphatic heterocycles. The number of hydrogen-bond donors (Lipinski definition) is 7. The summed E-state index contributed by atoms with van der Waals surface area (Å²) in [6.07, 6.45) is -0.412. The SMILES string of the molecule is NC(=O)CCC(NC(=O)C(N)CCC(=O)O)C(=O)NC(Cc1ccc(O)cc1)C(=O)N1CCCC1C(=O)O. The Morgan fingerprint density at radius 2 is 1.58 bits per heavy atom. The number of nitrogens with one attached hydrogen (secondary N) is 2. The van der Waals surface area contributed by atoms with Crippen LogP contribution in [0.2, 0.25) is 0 Å². The van der Waals surface area contributed by atoms with Gasteiger partial charge in [0.05, 0.1) is 6.04 Å². The summed E-state index contributed by atoms with van der Waals surface area (Å²) in [5.74, 6) is -5.41. The summed E-state index contributed by atoms with van der Waals surface area (Å²) < 4.78 is 0. The maximum absolute atomic E-state index is 13.4. The maximum atomic E-state index is 13.4. The van der Waals surface area contributed by atoms with E-state index in [1.807, 2.05) is 0 Å². The number of carbonyl (C=O) groups excluding carboxylic acids is 4. The molecule has 9 N–H and O–H groups in total. The maximum Gasteiger partial charge on any atom is 0.326 e. The van der Waals surface area contributed by atoms with Gasteiger partial charge in [-0.3, -0.25) is 24.0 Å². The molecular weight excluding hydrogens is 502 g/mol. The third kappa shape index (κ3) is 9.03. The van der Waals surface area contributed by atoms with E-state index < -0.39 is 59.7 Å². The van der Waals surface area contributed by atoms with Crippen LogP contribution in [0.3, 0.4) is 0 Å². The van der Waals surface area contributed by atoms with Gasteiger partial charge in [0, 0.05) is 25.8 Å². The van der Waals surface area contributed by atoms with E-state index in [2.05, 4.69) is 10.6 Å². The van der Waals surface area contributed by atoms with E-state index >= 15 is 0 Å². The number of nitrogens with two attached hydrogens (primary N) is 2. The predicted molar refractivity (Wildman–Crippen MR) is 131 cm³/mol. The van der Waals surface area contributed by atoms with E-state index in [0.29, 0.717) is 12.0 Å². The Bertz CT molecular complexity index is 1050. The molecule has 0 spiro atoms. The van der Waals surface area contributed by atoms with Crippen molar-refractivity contribution in [2.75, 3.05) is 6.54 Å². The van der Waals surface area contributed by atoms with Crippen LogP contribution in [0, 0.1) is 0 Å². The van der Waals surface area contributed by atoms with Crippen LogP contribution in [0.4, 0.5) is 0 Å². The average molecular weight is 536 g/mol. The summed E-state index contributed by atoms with van der Waals surface area (Å²) >= 11 is 0. The number of carbonyl (C=O) groups is 6. The van der Waals surface area contributed by atoms with Gasteiger partial charge in [0.2, 0.25) is 23.6 Å². The predicted octanol–water partition coefficient (Wildman–Crippen LogP) is -1.56. The number of amides is 4. The minimum Gasteiger partial charge on any atom is -0.508 e. The normalized spacial score (nSPS) is 17.2. The Balaban J connectivity index is 2.26. The second-order valence-corrected chi connectivity index (χ2v) is 9.06. The third-order valence-electron chi connectivity index (χ3n) is 6.13. The summed E-state index contributed by atoms with van der Waals surface area (Å²) in [5.41, 5.74) is 11.5. The van der Waals surface area contributed by atoms with Crippen molar-refractivity contribution in [2.45, 2.75) is 69.1 Å². The molecule has 1 aliphatic rings. The van der Waals surface area contributed by atoms with Crippen molar-refractivity contribution in [3.63, 3.8) is 0 Å². The molecule has 1 aromatic rings. The zero-order chi connectivity index (χ0) is 28.4. The minimum atomic E-state index is -1.34. The second kappa shape index (κ2) is 13.9. The Morgan fingerprint density at radius 1 is 0.947 bits per heavy atom. The van der Waals surface area contributed by atoms with Gasteiger partial charge in [-0.2, -0.15) is 0 Å². The molecule has 2 rings (SSSR count). The topological polar surface area (TPSA) is 242 Å². The van der Waals surface area contributed by atoms with Crippen molar-refractivity contribution >= 4 is 35.6 Å². The van der Waals surface area contributed by atoms with Gasteiger partial charge in [-0.05, 0) is 43.4 Å². The van der Waals surface area contributed by atoms with E-state index in [1.165, 1.54) is 29.2 Å². The molecule has 4 atom stereocenters. The number of aromatic hydroxyl groups is 1. The average Bonchev–Trinajstić information content (AvgIpc) is 3.35. The van der Waals surface area contributed by atoms with Gasteiger partial charge >= 0.3 is 11.9 Å². The number of carboxylic acid groups (broad SMARTS) is 2. The molecule has 1 saturated heterocycles. The lowest BCUT2D eigenvalue weighted by atomic mass is 10.0. The fourth-order valence-corrected chi connectivity index (χ4v) is 4.07. The summed E-state index contributed by atoms with van der Waals surface area (Å²) in [5, 5.41) is 32.8. The highest BCUT2D eigenvalue weighted by Crippen LogP contribution is 2.20. The number of aliphatic carboxylic acids is 2. The highest BCUT2D eigenvalue weighted by atomic mass is 16.4. The van der Waals surface area contributed by atoms with Gasteiger partial charge in [-0.15, -0.1) is 0 Å². The van der Waals surface area contributed by atoms with Gasteiger partial charge in [0.15, 0.2) is 0 Å². The van der Waals surface area contributed by atoms with Crippen LogP contribution in [0.1, 0.15) is 44.1 Å². The Kier molecular flexibility index (Phi) is 11.0. The molecule has 38 heavy (non-hydrogen) atoms. The van der Waals surface area contributed by atoms with E-state index in [1.54, 1.807) is 0 Å². The number of hydrogen-bond acceptors (Lipinski definition) is 8. The van der Waals surface area contributed by atoms with Crippen LogP contribution in [0.15, 0.2) is 24.3 Å². The smallest absolute Gasteiger partial charge is 0.326 e. The molecule has 0 aliphatic carbocycles. The quantitative estimate of drug-likeness (QED) is 0.144. The van der Waals surface area contributed by atoms with Crippen LogP contribution < -0.4 is 22.1 Å². The van der Waals surface area contributed by atoms with Crippen molar-refractivity contribution in [3.8, 4) is 5.75 Å². The molecule has 1 heterocycles. The molecule has 0 saturated carbocycles. The van der Waals surface area contributed by atoms with Gasteiger partial charge < -0.3 is 42.3 Å². The van der Waals surface area contributed by atoms with Crippen LogP contribution in [-0.4, -0.2) is 86.5 Å². The minimum absolute atomic E-state index is 0.0142. The lowest BCUT2D eigenvalue weighted by Gasteiger charge is -2.29. The largest absolute Gasteiger partial charge is 0.508 e. The molecule has 4 amide bonds. The van der Waals surface area contributed by atoms with Crippen molar-refractivity contribution in [2.24, 2.45) is 11.5 Å². The van der Waals surface area contributed by atoms with Gasteiger partial charge in [-0.25, -0.2) is 4.79 Å². The zero-order valence-corrected chi connectivity index (χ0v) is 20.7. The Labute approximate surface area is 218 Å². The number of phenols is 1. The van der Waals surface area contributed by atoms with Crippen molar-refractivity contribution < 1.29 is 44.1 Å². The van der Waals surface area contributed by atoms with Crippen LogP contribution in [0.5, 0.6) is 5.75 Å². The lowest BCUT2D eigenvalue weighted by molar-refractivity contribution is -0.149. The first-order valence-corrected chi connectivity index (χ1v) is 12.1. The fraction of sp³-hybridized carbons (Fsp3) is 0.500. The first-order valence-electron chi connectivity index (χ1n) is 12.1. The first-order chi connectivity index (χ1) is 17.9. The van der Waals surface area contributed by atoms with Crippen molar-refractivity contribution in [1.29, 1.82) is 0 Å². The molecule has 0 bridgehead atoms. The van der Waals surface area contributed by atoms with Crippen LogP contribution >= 0.6 is 0 Å². The van der Waals surface area contributed by atoms with Crippen LogP contribution in [0.25, 0.3) is 0 Å². The molecule has 0 aromatic heterocycles. The summed E-state index contributed by atoms with van der Waals surface area (Å²) in [4.78, 5) is 74.1. The second-order valence-electron chi connectivity index (χ2n) is 9.06. The zero-order valence-electron chi connectivity index (χ0n) is 20.7. The number of likely N-dealkylation sites (tertiary alicyclic amines) is 1.